The summed E-state index contributed by atoms with van der Waals surface area (Å²) in [5, 5.41) is 3.50. The Hall–Kier alpha value is -0.820. The van der Waals surface area contributed by atoms with Crippen LogP contribution >= 0.6 is 0 Å². The first-order valence-electron chi connectivity index (χ1n) is 7.61. The normalized spacial score (nSPS) is 15.3. The van der Waals surface area contributed by atoms with Crippen molar-refractivity contribution < 1.29 is 0 Å². The maximum absolute atomic E-state index is 3.50. The van der Waals surface area contributed by atoms with Gasteiger partial charge in [0.25, 0.3) is 0 Å². The summed E-state index contributed by atoms with van der Waals surface area (Å²) in [5.74, 6) is 0. The molecule has 108 valence electrons. The zero-order valence-electron chi connectivity index (χ0n) is 13.6. The van der Waals surface area contributed by atoms with E-state index in [1.54, 1.807) is 0 Å². The average molecular weight is 261 g/mol. The molecule has 0 aromatic heterocycles. The molecule has 1 atom stereocenters. The first-order chi connectivity index (χ1) is 8.80. The molecule has 0 saturated carbocycles. The largest absolute Gasteiger partial charge is 0.316 e. The van der Waals surface area contributed by atoms with Crippen LogP contribution in [0, 0.1) is 5.41 Å². The summed E-state index contributed by atoms with van der Waals surface area (Å²) < 4.78 is 0. The molecule has 0 radical (unpaired) electrons. The second-order valence-electron chi connectivity index (χ2n) is 7.07. The summed E-state index contributed by atoms with van der Waals surface area (Å²) >= 11 is 0. The fourth-order valence-electron chi connectivity index (χ4n) is 2.35. The maximum atomic E-state index is 3.50. The van der Waals surface area contributed by atoms with Crippen molar-refractivity contribution in [1.82, 2.24) is 5.32 Å². The third-order valence-corrected chi connectivity index (χ3v) is 4.11. The predicted molar refractivity (Wildman–Crippen MR) is 85.8 cm³/mol. The fraction of sp³-hybridized carbons (Fsp3) is 0.667. The lowest BCUT2D eigenvalue weighted by Crippen LogP contribution is -2.33. The van der Waals surface area contributed by atoms with Gasteiger partial charge in [-0.2, -0.15) is 0 Å². The van der Waals surface area contributed by atoms with Gasteiger partial charge in [0, 0.05) is 6.54 Å². The Balaban J connectivity index is 2.76. The molecule has 1 unspecified atom stereocenters. The fourth-order valence-corrected chi connectivity index (χ4v) is 2.35. The van der Waals surface area contributed by atoms with Crippen LogP contribution in [0.5, 0.6) is 0 Å². The lowest BCUT2D eigenvalue weighted by molar-refractivity contribution is 0.293. The molecule has 1 heteroatoms. The van der Waals surface area contributed by atoms with E-state index in [-0.39, 0.29) is 5.41 Å². The minimum Gasteiger partial charge on any atom is -0.316 e. The molecule has 1 aromatic rings. The van der Waals surface area contributed by atoms with Crippen LogP contribution < -0.4 is 5.32 Å². The number of benzene rings is 1. The summed E-state index contributed by atoms with van der Waals surface area (Å²) in [6.07, 6.45) is 2.36. The summed E-state index contributed by atoms with van der Waals surface area (Å²) in [6, 6.07) is 9.19. The second-order valence-corrected chi connectivity index (χ2v) is 7.07. The Morgan fingerprint density at radius 1 is 0.947 bits per heavy atom. The van der Waals surface area contributed by atoms with Crippen LogP contribution in [-0.4, -0.2) is 13.1 Å². The van der Waals surface area contributed by atoms with Crippen LogP contribution in [0.1, 0.15) is 59.1 Å². The zero-order valence-corrected chi connectivity index (χ0v) is 13.6. The Labute approximate surface area is 119 Å². The van der Waals surface area contributed by atoms with Gasteiger partial charge in [0.15, 0.2) is 0 Å². The first kappa shape index (κ1) is 16.2. The highest BCUT2D eigenvalue weighted by atomic mass is 14.9. The van der Waals surface area contributed by atoms with Crippen molar-refractivity contribution in [2.45, 2.75) is 59.8 Å². The van der Waals surface area contributed by atoms with E-state index in [0.29, 0.717) is 5.41 Å². The average Bonchev–Trinajstić information content (AvgIpc) is 2.36. The Morgan fingerprint density at radius 2 is 1.53 bits per heavy atom. The molecule has 0 amide bonds. The SMILES string of the molecule is CCNCC(C)(CC)Cc1ccc(C(C)(C)C)cc1. The number of hydrogen-bond acceptors (Lipinski definition) is 1. The van der Waals surface area contributed by atoms with E-state index in [2.05, 4.69) is 71.1 Å². The van der Waals surface area contributed by atoms with E-state index in [4.69, 9.17) is 0 Å². The van der Waals surface area contributed by atoms with E-state index in [1.165, 1.54) is 17.5 Å². The molecule has 0 fully saturated rings. The highest BCUT2D eigenvalue weighted by Gasteiger charge is 2.22. The maximum Gasteiger partial charge on any atom is 0.000813 e. The minimum atomic E-state index is 0.246. The third-order valence-electron chi connectivity index (χ3n) is 4.11. The standard InChI is InChI=1S/C18H31N/c1-7-18(6,14-19-8-2)13-15-9-11-16(12-10-15)17(3,4)5/h9-12,19H,7-8,13-14H2,1-6H3. The van der Waals surface area contributed by atoms with Crippen molar-refractivity contribution in [3.8, 4) is 0 Å². The highest BCUT2D eigenvalue weighted by Crippen LogP contribution is 2.28. The molecule has 0 heterocycles. The lowest BCUT2D eigenvalue weighted by atomic mass is 9.80. The van der Waals surface area contributed by atoms with Gasteiger partial charge in [0.1, 0.15) is 0 Å². The smallest absolute Gasteiger partial charge is 0.000813 e. The van der Waals surface area contributed by atoms with Gasteiger partial charge in [-0.05, 0) is 41.3 Å². The summed E-state index contributed by atoms with van der Waals surface area (Å²) in [7, 11) is 0. The van der Waals surface area contributed by atoms with Crippen LogP contribution in [0.3, 0.4) is 0 Å². The molecule has 0 aliphatic carbocycles. The monoisotopic (exact) mass is 261 g/mol. The molecule has 0 saturated heterocycles. The van der Waals surface area contributed by atoms with Gasteiger partial charge in [0.2, 0.25) is 0 Å². The molecular weight excluding hydrogens is 230 g/mol. The second kappa shape index (κ2) is 6.56. The van der Waals surface area contributed by atoms with Crippen LogP contribution in [0.2, 0.25) is 0 Å². The molecule has 0 bridgehead atoms. The highest BCUT2D eigenvalue weighted by molar-refractivity contribution is 5.28. The van der Waals surface area contributed by atoms with Crippen molar-refractivity contribution in [2.24, 2.45) is 5.41 Å². The van der Waals surface area contributed by atoms with Crippen LogP contribution in [0.4, 0.5) is 0 Å². The van der Waals surface area contributed by atoms with Gasteiger partial charge in [-0.25, -0.2) is 0 Å². The zero-order chi connectivity index (χ0) is 14.5. The topological polar surface area (TPSA) is 12.0 Å². The van der Waals surface area contributed by atoms with E-state index in [1.807, 2.05) is 0 Å². The minimum absolute atomic E-state index is 0.246. The van der Waals surface area contributed by atoms with Crippen LogP contribution in [0.15, 0.2) is 24.3 Å². The molecule has 0 spiro atoms. The number of hydrogen-bond donors (Lipinski definition) is 1. The number of nitrogens with one attached hydrogen (secondary N) is 1. The van der Waals surface area contributed by atoms with E-state index in [0.717, 1.165) is 19.5 Å². The molecule has 0 aliphatic heterocycles. The van der Waals surface area contributed by atoms with Crippen molar-refractivity contribution in [3.05, 3.63) is 35.4 Å². The number of rotatable bonds is 6. The Morgan fingerprint density at radius 3 is 1.95 bits per heavy atom. The molecular formula is C18H31N. The van der Waals surface area contributed by atoms with Gasteiger partial charge in [0.05, 0.1) is 0 Å². The lowest BCUT2D eigenvalue weighted by Gasteiger charge is -2.29. The van der Waals surface area contributed by atoms with Crippen molar-refractivity contribution in [3.63, 3.8) is 0 Å². The molecule has 1 N–H and O–H groups in total. The molecule has 19 heavy (non-hydrogen) atoms. The van der Waals surface area contributed by atoms with Crippen molar-refractivity contribution in [1.29, 1.82) is 0 Å². The molecule has 1 aromatic carbocycles. The summed E-state index contributed by atoms with van der Waals surface area (Å²) in [6.45, 7) is 15.8. The Bertz CT molecular complexity index is 372. The van der Waals surface area contributed by atoms with Gasteiger partial charge in [-0.15, -0.1) is 0 Å². The van der Waals surface area contributed by atoms with E-state index >= 15 is 0 Å². The van der Waals surface area contributed by atoms with Gasteiger partial charge in [-0.1, -0.05) is 65.8 Å². The summed E-state index contributed by atoms with van der Waals surface area (Å²) in [4.78, 5) is 0. The van der Waals surface area contributed by atoms with Gasteiger partial charge >= 0.3 is 0 Å². The molecule has 1 nitrogen and oxygen atoms in total. The summed E-state index contributed by atoms with van der Waals surface area (Å²) in [5.41, 5.74) is 3.48. The Kier molecular flexibility index (Phi) is 5.61. The van der Waals surface area contributed by atoms with E-state index in [9.17, 15) is 0 Å². The van der Waals surface area contributed by atoms with Gasteiger partial charge in [-0.3, -0.25) is 0 Å². The molecule has 1 rings (SSSR count). The molecule has 0 aliphatic rings. The van der Waals surface area contributed by atoms with Crippen LogP contribution in [-0.2, 0) is 11.8 Å². The van der Waals surface area contributed by atoms with E-state index < -0.39 is 0 Å². The first-order valence-corrected chi connectivity index (χ1v) is 7.61. The van der Waals surface area contributed by atoms with Crippen molar-refractivity contribution in [2.75, 3.05) is 13.1 Å². The van der Waals surface area contributed by atoms with Crippen molar-refractivity contribution >= 4 is 0 Å². The quantitative estimate of drug-likeness (QED) is 0.792. The predicted octanol–water partition coefficient (Wildman–Crippen LogP) is 4.55. The van der Waals surface area contributed by atoms with Crippen LogP contribution in [0.25, 0.3) is 0 Å². The van der Waals surface area contributed by atoms with Gasteiger partial charge < -0.3 is 5.32 Å². The third kappa shape index (κ3) is 4.99.